The lowest BCUT2D eigenvalue weighted by molar-refractivity contribution is -0.119. The molecule has 12 heteroatoms. The van der Waals surface area contributed by atoms with E-state index in [0.29, 0.717) is 67.5 Å². The third-order valence-electron chi connectivity index (χ3n) is 11.6. The molecule has 8 rings (SSSR count). The molecule has 3 atom stereocenters. The lowest BCUT2D eigenvalue weighted by Crippen LogP contribution is -2.54. The third-order valence-corrected chi connectivity index (χ3v) is 11.6. The molecule has 5 aliphatic rings. The fourth-order valence-electron chi connectivity index (χ4n) is 9.27. The van der Waals surface area contributed by atoms with Crippen LogP contribution in [0.4, 0.5) is 14.6 Å². The van der Waals surface area contributed by atoms with E-state index in [1.807, 2.05) is 0 Å². The van der Waals surface area contributed by atoms with Gasteiger partial charge in [0, 0.05) is 80.3 Å². The first kappa shape index (κ1) is 33.7. The Morgan fingerprint density at radius 3 is 2.80 bits per heavy atom. The molecule has 1 aliphatic carbocycles. The van der Waals surface area contributed by atoms with E-state index in [2.05, 4.69) is 21.0 Å². The molecule has 3 unspecified atom stereocenters. The number of carbonyl (C=O) groups is 1. The number of ether oxygens (including phenoxy) is 2. The topological polar surface area (TPSA) is 103 Å². The van der Waals surface area contributed by atoms with Crippen molar-refractivity contribution in [1.29, 1.82) is 0 Å². The summed E-state index contributed by atoms with van der Waals surface area (Å²) in [4.78, 5) is 28.1. The quantitative estimate of drug-likeness (QED) is 0.322. The fraction of sp³-hybridized carbons (Fsp3) is 0.513. The molecule has 2 N–H and O–H groups in total. The first-order chi connectivity index (χ1) is 24.7. The minimum atomic E-state index is -0.628. The van der Waals surface area contributed by atoms with Crippen LogP contribution in [0.15, 0.2) is 24.3 Å². The number of hydrogen-bond acceptors (Lipinski definition) is 9. The summed E-state index contributed by atoms with van der Waals surface area (Å²) in [5.41, 5.74) is 1.08. The first-order valence-corrected chi connectivity index (χ1v) is 18.2. The van der Waals surface area contributed by atoms with Gasteiger partial charge in [0.15, 0.2) is 5.83 Å². The number of nitrogens with one attached hydrogen (secondary N) is 1. The Kier molecular flexibility index (Phi) is 8.96. The first-order valence-electron chi connectivity index (χ1n) is 18.2. The third kappa shape index (κ3) is 6.14. The number of hydrogen-bond donors (Lipinski definition) is 2. The summed E-state index contributed by atoms with van der Waals surface area (Å²) in [6.07, 6.45) is 13.3. The minimum Gasteiger partial charge on any atom is -0.508 e. The van der Waals surface area contributed by atoms with E-state index in [9.17, 15) is 9.90 Å². The second-order valence-corrected chi connectivity index (χ2v) is 14.7. The van der Waals surface area contributed by atoms with E-state index in [1.165, 1.54) is 24.3 Å². The lowest BCUT2D eigenvalue weighted by Gasteiger charge is -2.47. The number of phenolic OH excluding ortho intramolecular Hbond substituents is 1. The maximum Gasteiger partial charge on any atom is 0.319 e. The van der Waals surface area contributed by atoms with Crippen LogP contribution in [0.2, 0.25) is 0 Å². The zero-order valence-corrected chi connectivity index (χ0v) is 29.0. The number of terminal acetylenes is 1. The number of piperidine rings is 1. The van der Waals surface area contributed by atoms with E-state index >= 15 is 8.78 Å². The number of amides is 1. The zero-order chi connectivity index (χ0) is 35.3. The summed E-state index contributed by atoms with van der Waals surface area (Å²) in [6, 6.07) is 6.33. The number of rotatable bonds is 7. The fourth-order valence-corrected chi connectivity index (χ4v) is 9.27. The number of aromatic nitrogens is 2. The van der Waals surface area contributed by atoms with Crippen LogP contribution < -0.4 is 15.0 Å². The summed E-state index contributed by atoms with van der Waals surface area (Å²) >= 11 is 0. The van der Waals surface area contributed by atoms with Crippen LogP contribution in [0.5, 0.6) is 11.8 Å². The van der Waals surface area contributed by atoms with Gasteiger partial charge in [-0.25, -0.2) is 8.78 Å². The number of carbonyl (C=O) groups excluding carboxylic acids is 1. The lowest BCUT2D eigenvalue weighted by atomic mass is 9.75. The number of nitrogens with zero attached hydrogens (tertiary/aromatic N) is 5. The van der Waals surface area contributed by atoms with Crippen LogP contribution >= 0.6 is 0 Å². The van der Waals surface area contributed by atoms with Crippen LogP contribution in [0.1, 0.15) is 73.8 Å². The Morgan fingerprint density at radius 1 is 1.12 bits per heavy atom. The summed E-state index contributed by atoms with van der Waals surface area (Å²) in [7, 11) is 1.76. The zero-order valence-electron chi connectivity index (χ0n) is 29.0. The molecular weight excluding hydrogens is 654 g/mol. The van der Waals surface area contributed by atoms with Crippen molar-refractivity contribution in [2.75, 3.05) is 57.9 Å². The molecule has 51 heavy (non-hydrogen) atoms. The molecule has 1 aromatic heterocycles. The highest BCUT2D eigenvalue weighted by atomic mass is 19.1. The summed E-state index contributed by atoms with van der Waals surface area (Å²) in [5, 5.41) is 14.7. The van der Waals surface area contributed by atoms with Crippen LogP contribution in [-0.4, -0.2) is 95.9 Å². The molecule has 268 valence electrons. The molecule has 1 saturated carbocycles. The Labute approximate surface area is 296 Å². The van der Waals surface area contributed by atoms with E-state index in [-0.39, 0.29) is 58.2 Å². The van der Waals surface area contributed by atoms with Crippen molar-refractivity contribution in [1.82, 2.24) is 25.1 Å². The smallest absolute Gasteiger partial charge is 0.319 e. The number of benzene rings is 2. The normalized spacial score (nSPS) is 25.4. The van der Waals surface area contributed by atoms with Crippen molar-refractivity contribution in [2.24, 2.45) is 5.41 Å². The summed E-state index contributed by atoms with van der Waals surface area (Å²) in [6.45, 7) is 4.94. The second kappa shape index (κ2) is 13.6. The minimum absolute atomic E-state index is 0.00109. The van der Waals surface area contributed by atoms with Crippen molar-refractivity contribution in [2.45, 2.75) is 70.0 Å². The molecule has 5 heterocycles. The Morgan fingerprint density at radius 2 is 1.98 bits per heavy atom. The molecule has 3 aromatic rings. The number of anilines is 1. The van der Waals surface area contributed by atoms with Crippen molar-refractivity contribution in [3.63, 3.8) is 0 Å². The van der Waals surface area contributed by atoms with E-state index in [0.717, 1.165) is 58.0 Å². The predicted octanol–water partition coefficient (Wildman–Crippen LogP) is 5.22. The van der Waals surface area contributed by atoms with Gasteiger partial charge in [-0.2, -0.15) is 9.97 Å². The average molecular weight is 699 g/mol. The second-order valence-electron chi connectivity index (χ2n) is 14.7. The predicted molar refractivity (Wildman–Crippen MR) is 190 cm³/mol. The van der Waals surface area contributed by atoms with Gasteiger partial charge in [-0.15, -0.1) is 6.42 Å². The largest absolute Gasteiger partial charge is 0.508 e. The van der Waals surface area contributed by atoms with Gasteiger partial charge in [0.1, 0.15) is 23.1 Å². The van der Waals surface area contributed by atoms with Crippen molar-refractivity contribution in [3.8, 4) is 24.1 Å². The van der Waals surface area contributed by atoms with E-state index in [4.69, 9.17) is 25.9 Å². The molecule has 10 nitrogen and oxygen atoms in total. The van der Waals surface area contributed by atoms with Crippen LogP contribution in [-0.2, 0) is 16.1 Å². The molecule has 1 amide bonds. The molecule has 4 fully saturated rings. The SMILES string of the molecule is C#Cc1c(F)ccc2cc(O)cc(C3=C(F)c4nc(OCC56CCCC5N(CC5CCC(=O)N5)CCC6)nc(N5CCCOCC5)c4CN3C)c12. The van der Waals surface area contributed by atoms with Gasteiger partial charge < -0.3 is 29.7 Å². The Hall–Kier alpha value is -4.47. The highest BCUT2D eigenvalue weighted by Crippen LogP contribution is 2.49. The number of halogens is 2. The Bertz CT molecular complexity index is 1940. The number of fused-ring (bicyclic) bond motifs is 3. The molecule has 0 spiro atoms. The maximum absolute atomic E-state index is 17.2. The standard InChI is InChI=1S/C39H44F2N6O4/c1-3-27-30(40)10-8-24-19-26(48)20-28(33(24)27)36-34(41)35-29(22-45(36)2)37(46-15-6-17-50-18-16-46)44-38(43-35)51-23-39-12-4-7-31(39)47(14-5-13-39)21-25-9-11-32(49)42-25/h1,8,10,19-20,25,31,48H,4-7,9,11-18,21-23H2,2H3,(H,42,49). The molecular formula is C39H44F2N6O4. The van der Waals surface area contributed by atoms with Crippen molar-refractivity contribution >= 4 is 34.0 Å². The van der Waals surface area contributed by atoms with Gasteiger partial charge in [-0.3, -0.25) is 9.69 Å². The molecule has 4 aliphatic heterocycles. The van der Waals surface area contributed by atoms with Gasteiger partial charge in [0.2, 0.25) is 5.91 Å². The van der Waals surface area contributed by atoms with Gasteiger partial charge in [0.25, 0.3) is 0 Å². The van der Waals surface area contributed by atoms with Gasteiger partial charge >= 0.3 is 6.01 Å². The van der Waals surface area contributed by atoms with Crippen LogP contribution in [0.3, 0.4) is 0 Å². The number of aromatic hydroxyl groups is 1. The molecule has 3 saturated heterocycles. The number of phenols is 1. The molecule has 0 bridgehead atoms. The van der Waals surface area contributed by atoms with Gasteiger partial charge in [0.05, 0.1) is 24.5 Å². The van der Waals surface area contributed by atoms with Crippen molar-refractivity contribution < 1.29 is 28.2 Å². The van der Waals surface area contributed by atoms with Gasteiger partial charge in [-0.1, -0.05) is 18.4 Å². The molecule has 0 radical (unpaired) electrons. The Balaban J connectivity index is 1.18. The highest BCUT2D eigenvalue weighted by Gasteiger charge is 2.49. The van der Waals surface area contributed by atoms with E-state index < -0.39 is 11.6 Å². The van der Waals surface area contributed by atoms with Crippen molar-refractivity contribution in [3.05, 3.63) is 52.5 Å². The summed E-state index contributed by atoms with van der Waals surface area (Å²) < 4.78 is 44.6. The van der Waals surface area contributed by atoms with Crippen LogP contribution in [0.25, 0.3) is 22.3 Å². The monoisotopic (exact) mass is 698 g/mol. The number of likely N-dealkylation sites (tertiary alicyclic amines) is 1. The van der Waals surface area contributed by atoms with E-state index in [1.54, 1.807) is 11.9 Å². The van der Waals surface area contributed by atoms with Gasteiger partial charge in [-0.05, 0) is 68.7 Å². The average Bonchev–Trinajstić information content (AvgIpc) is 3.64. The molecule has 2 aromatic carbocycles. The maximum atomic E-state index is 17.2. The highest BCUT2D eigenvalue weighted by molar-refractivity contribution is 6.03. The summed E-state index contributed by atoms with van der Waals surface area (Å²) in [5.74, 6) is 1.86. The van der Waals surface area contributed by atoms with Crippen LogP contribution in [0, 0.1) is 23.6 Å².